The van der Waals surface area contributed by atoms with Gasteiger partial charge in [-0.05, 0) is 81.8 Å². The topological polar surface area (TPSA) is 24.7 Å². The van der Waals surface area contributed by atoms with Crippen LogP contribution in [0.2, 0.25) is 0 Å². The summed E-state index contributed by atoms with van der Waals surface area (Å²) in [5, 5.41) is 0. The third-order valence-electron chi connectivity index (χ3n) is 7.63. The van der Waals surface area contributed by atoms with Crippen molar-refractivity contribution in [3.63, 3.8) is 0 Å². The molecule has 2 aliphatic rings. The smallest absolute Gasteiger partial charge is 0.210 e. The zero-order valence-electron chi connectivity index (χ0n) is 22.8. The van der Waals surface area contributed by atoms with Gasteiger partial charge in [0.2, 0.25) is 5.69 Å². The van der Waals surface area contributed by atoms with E-state index in [1.165, 1.54) is 33.9 Å². The Labute approximate surface area is 224 Å². The summed E-state index contributed by atoms with van der Waals surface area (Å²) in [6.07, 6.45) is 8.81. The van der Waals surface area contributed by atoms with E-state index in [0.717, 1.165) is 29.1 Å². The van der Waals surface area contributed by atoms with Crippen molar-refractivity contribution in [2.75, 3.05) is 32.2 Å². The Morgan fingerprint density at radius 1 is 0.944 bits per heavy atom. The summed E-state index contributed by atoms with van der Waals surface area (Å²) in [6, 6.07) is 12.8. The molecule has 4 nitrogen and oxygen atoms in total. The van der Waals surface area contributed by atoms with Crippen molar-refractivity contribution >= 4 is 33.0 Å². The standard InChI is InChI=1S/C31H38BrN2O2/c1-9-33-26-15-13-22(35-7)19-24(26)30(3,4)28(33)17-11-21(32)12-18-29-31(5,6)25-20-23(36-8)14-16-27(25)34(29)10-2/h11-20H,9-10H2,1-8H3/q+1. The van der Waals surface area contributed by atoms with Crippen LogP contribution in [-0.4, -0.2) is 37.6 Å². The summed E-state index contributed by atoms with van der Waals surface area (Å²) in [5.41, 5.74) is 7.43. The zero-order valence-corrected chi connectivity index (χ0v) is 24.4. The summed E-state index contributed by atoms with van der Waals surface area (Å²) in [6.45, 7) is 15.4. The lowest BCUT2D eigenvalue weighted by molar-refractivity contribution is -0.433. The van der Waals surface area contributed by atoms with Crippen LogP contribution in [0, 0.1) is 0 Å². The highest BCUT2D eigenvalue weighted by Crippen LogP contribution is 2.49. The quantitative estimate of drug-likeness (QED) is 0.262. The van der Waals surface area contributed by atoms with Crippen LogP contribution in [0.5, 0.6) is 11.5 Å². The van der Waals surface area contributed by atoms with Crippen LogP contribution in [0.15, 0.2) is 70.9 Å². The molecule has 0 saturated heterocycles. The van der Waals surface area contributed by atoms with E-state index in [2.05, 4.69) is 116 Å². The van der Waals surface area contributed by atoms with E-state index < -0.39 is 0 Å². The van der Waals surface area contributed by atoms with Crippen LogP contribution in [0.3, 0.4) is 0 Å². The fraction of sp³-hybridized carbons (Fsp3) is 0.387. The van der Waals surface area contributed by atoms with Gasteiger partial charge in [0.1, 0.15) is 18.0 Å². The molecule has 0 amide bonds. The first-order valence-corrected chi connectivity index (χ1v) is 13.4. The molecule has 0 bridgehead atoms. The van der Waals surface area contributed by atoms with Crippen LogP contribution >= 0.6 is 15.9 Å². The Bertz CT molecular complexity index is 1300. The Hall–Kier alpha value is -2.79. The third-order valence-corrected chi connectivity index (χ3v) is 8.16. The molecule has 0 aromatic heterocycles. The van der Waals surface area contributed by atoms with Gasteiger partial charge in [0.25, 0.3) is 0 Å². The number of nitrogens with zero attached hydrogens (tertiary/aromatic N) is 2. The number of rotatable bonds is 7. The van der Waals surface area contributed by atoms with Gasteiger partial charge in [0.05, 0.1) is 19.6 Å². The van der Waals surface area contributed by atoms with E-state index in [0.29, 0.717) is 0 Å². The lowest BCUT2D eigenvalue weighted by Gasteiger charge is -2.25. The molecular weight excluding hydrogens is 512 g/mol. The molecule has 36 heavy (non-hydrogen) atoms. The number of anilines is 1. The van der Waals surface area contributed by atoms with Crippen molar-refractivity contribution in [1.82, 2.24) is 0 Å². The van der Waals surface area contributed by atoms with Crippen molar-refractivity contribution < 1.29 is 14.0 Å². The highest BCUT2D eigenvalue weighted by atomic mass is 79.9. The van der Waals surface area contributed by atoms with E-state index in [9.17, 15) is 0 Å². The van der Waals surface area contributed by atoms with Gasteiger partial charge in [-0.1, -0.05) is 29.8 Å². The first kappa shape index (κ1) is 26.3. The van der Waals surface area contributed by atoms with Gasteiger partial charge in [-0.2, -0.15) is 4.58 Å². The lowest BCUT2D eigenvalue weighted by Crippen LogP contribution is -2.27. The molecule has 0 saturated carbocycles. The summed E-state index contributed by atoms with van der Waals surface area (Å²) < 4.78 is 14.4. The van der Waals surface area contributed by atoms with Gasteiger partial charge in [-0.25, -0.2) is 0 Å². The second kappa shape index (κ2) is 9.93. The van der Waals surface area contributed by atoms with Crippen LogP contribution in [0.4, 0.5) is 11.4 Å². The Morgan fingerprint density at radius 3 is 2.19 bits per heavy atom. The second-order valence-corrected chi connectivity index (χ2v) is 11.2. The maximum atomic E-state index is 5.51. The second-order valence-electron chi connectivity index (χ2n) is 10.3. The molecular formula is C31H38BrN2O2+. The predicted molar refractivity (Wildman–Crippen MR) is 155 cm³/mol. The largest absolute Gasteiger partial charge is 0.497 e. The van der Waals surface area contributed by atoms with E-state index in [1.807, 2.05) is 12.1 Å². The van der Waals surface area contributed by atoms with E-state index in [4.69, 9.17) is 9.47 Å². The Morgan fingerprint density at radius 2 is 1.58 bits per heavy atom. The number of ether oxygens (including phenoxy) is 2. The molecule has 0 aliphatic carbocycles. The van der Waals surface area contributed by atoms with Crippen LogP contribution < -0.4 is 14.4 Å². The van der Waals surface area contributed by atoms with Crippen molar-refractivity contribution in [3.05, 3.63) is 82.0 Å². The average Bonchev–Trinajstić information content (AvgIpc) is 3.22. The fourth-order valence-corrected chi connectivity index (χ4v) is 5.88. The molecule has 0 radical (unpaired) electrons. The number of allylic oxidation sites excluding steroid dienone is 6. The van der Waals surface area contributed by atoms with Gasteiger partial charge < -0.3 is 14.4 Å². The van der Waals surface area contributed by atoms with Gasteiger partial charge >= 0.3 is 0 Å². The number of fused-ring (bicyclic) bond motifs is 2. The SMILES string of the molecule is CCN1/C(=C/C=C(Br)/C=C/C2=[N+](CC)c3ccc(OC)cc3C2(C)C)C(C)(C)c2cc(OC)ccc21. The van der Waals surface area contributed by atoms with Crippen molar-refractivity contribution in [2.24, 2.45) is 0 Å². The monoisotopic (exact) mass is 549 g/mol. The predicted octanol–water partition coefficient (Wildman–Crippen LogP) is 7.64. The number of hydrogen-bond acceptors (Lipinski definition) is 3. The maximum Gasteiger partial charge on any atom is 0.210 e. The number of methoxy groups -OCH3 is 2. The molecule has 2 aromatic carbocycles. The van der Waals surface area contributed by atoms with Crippen LogP contribution in [0.25, 0.3) is 0 Å². The molecule has 2 aromatic rings. The number of benzene rings is 2. The van der Waals surface area contributed by atoms with E-state index in [-0.39, 0.29) is 10.8 Å². The van der Waals surface area contributed by atoms with Crippen molar-refractivity contribution in [1.29, 1.82) is 0 Å². The van der Waals surface area contributed by atoms with E-state index >= 15 is 0 Å². The molecule has 2 aliphatic heterocycles. The third kappa shape index (κ3) is 4.32. The van der Waals surface area contributed by atoms with Crippen LogP contribution in [0.1, 0.15) is 52.7 Å². The van der Waals surface area contributed by atoms with E-state index in [1.54, 1.807) is 14.2 Å². The highest BCUT2D eigenvalue weighted by Gasteiger charge is 2.44. The van der Waals surface area contributed by atoms with Gasteiger partial charge in [-0.15, -0.1) is 0 Å². The first-order chi connectivity index (χ1) is 17.1. The van der Waals surface area contributed by atoms with Gasteiger partial charge in [0.15, 0.2) is 5.71 Å². The number of hydrogen-bond donors (Lipinski definition) is 0. The molecule has 0 atom stereocenters. The molecule has 0 unspecified atom stereocenters. The number of halogens is 1. The summed E-state index contributed by atoms with van der Waals surface area (Å²) in [7, 11) is 3.45. The lowest BCUT2D eigenvalue weighted by atomic mass is 9.81. The maximum absolute atomic E-state index is 5.51. The minimum Gasteiger partial charge on any atom is -0.497 e. The van der Waals surface area contributed by atoms with Gasteiger partial charge in [-0.3, -0.25) is 0 Å². The molecule has 0 spiro atoms. The highest BCUT2D eigenvalue weighted by molar-refractivity contribution is 9.11. The Balaban J connectivity index is 1.66. The molecule has 0 fully saturated rings. The summed E-state index contributed by atoms with van der Waals surface area (Å²) >= 11 is 3.81. The molecule has 5 heteroatoms. The normalized spacial score (nSPS) is 19.3. The zero-order chi connectivity index (χ0) is 26.3. The van der Waals surface area contributed by atoms with Gasteiger partial charge in [0, 0.05) is 45.5 Å². The fourth-order valence-electron chi connectivity index (χ4n) is 5.62. The molecule has 0 N–H and O–H groups in total. The molecule has 190 valence electrons. The Kier molecular flexibility index (Phi) is 7.25. The number of likely N-dealkylation sites (N-methyl/N-ethyl adjacent to an activating group) is 1. The average molecular weight is 551 g/mol. The molecule has 2 heterocycles. The summed E-state index contributed by atoms with van der Waals surface area (Å²) in [5.74, 6) is 1.79. The van der Waals surface area contributed by atoms with Crippen molar-refractivity contribution in [3.8, 4) is 11.5 Å². The van der Waals surface area contributed by atoms with Crippen LogP contribution in [-0.2, 0) is 10.8 Å². The minimum atomic E-state index is -0.116. The summed E-state index contributed by atoms with van der Waals surface area (Å²) in [4.78, 5) is 2.40. The minimum absolute atomic E-state index is 0.116. The van der Waals surface area contributed by atoms with Crippen molar-refractivity contribution in [2.45, 2.75) is 52.4 Å². The first-order valence-electron chi connectivity index (χ1n) is 12.7. The molecule has 4 rings (SSSR count).